The summed E-state index contributed by atoms with van der Waals surface area (Å²) in [5, 5.41) is 0. The van der Waals surface area contributed by atoms with E-state index < -0.39 is 0 Å². The minimum absolute atomic E-state index is 0.770. The van der Waals surface area contributed by atoms with E-state index in [1.54, 1.807) is 0 Å². The van der Waals surface area contributed by atoms with Crippen LogP contribution in [0.15, 0.2) is 144 Å². The molecule has 0 atom stereocenters. The average molecular weight is 537 g/mol. The quantitative estimate of drug-likeness (QED) is 0.196. The molecule has 0 aliphatic heterocycles. The number of allylic oxidation sites excluding steroid dienone is 16. The SMILES string of the molecule is CC(/C=C/C=C(C)/C=C/c1ccc(CS)cc1)=C\C=C\C=C(C)\C=C\C=C(C)\C=C\c1ccc(CS)cc1. The molecule has 2 aromatic carbocycles. The lowest BCUT2D eigenvalue weighted by atomic mass is 10.1. The van der Waals surface area contributed by atoms with Crippen molar-refractivity contribution in [3.8, 4) is 0 Å². The first kappa shape index (κ1) is 31.0. The van der Waals surface area contributed by atoms with Crippen molar-refractivity contribution < 1.29 is 0 Å². The molecule has 38 heavy (non-hydrogen) atoms. The number of benzene rings is 2. The third-order valence-corrected chi connectivity index (χ3v) is 6.40. The van der Waals surface area contributed by atoms with E-state index in [9.17, 15) is 0 Å². The summed E-state index contributed by atoms with van der Waals surface area (Å²) in [6.45, 7) is 8.43. The van der Waals surface area contributed by atoms with Crippen LogP contribution in [-0.4, -0.2) is 0 Å². The molecule has 0 heterocycles. The van der Waals surface area contributed by atoms with Crippen LogP contribution in [0.2, 0.25) is 0 Å². The Balaban J connectivity index is 1.81. The van der Waals surface area contributed by atoms with E-state index in [1.165, 1.54) is 44.5 Å². The van der Waals surface area contributed by atoms with Crippen LogP contribution in [0.25, 0.3) is 12.2 Å². The van der Waals surface area contributed by atoms with Gasteiger partial charge in [0.1, 0.15) is 0 Å². The molecule has 2 heteroatoms. The first-order valence-electron chi connectivity index (χ1n) is 12.9. The highest BCUT2D eigenvalue weighted by Gasteiger charge is 1.91. The third-order valence-electron chi connectivity index (χ3n) is 5.67. The van der Waals surface area contributed by atoms with Gasteiger partial charge < -0.3 is 0 Å². The lowest BCUT2D eigenvalue weighted by molar-refractivity contribution is 1.42. The lowest BCUT2D eigenvalue weighted by Gasteiger charge is -1.97. The van der Waals surface area contributed by atoms with Crippen molar-refractivity contribution in [1.82, 2.24) is 0 Å². The lowest BCUT2D eigenvalue weighted by Crippen LogP contribution is -1.77. The Morgan fingerprint density at radius 2 is 0.789 bits per heavy atom. The van der Waals surface area contributed by atoms with E-state index in [-0.39, 0.29) is 0 Å². The summed E-state index contributed by atoms with van der Waals surface area (Å²) in [6.07, 6.45) is 29.6. The average Bonchev–Trinajstić information content (AvgIpc) is 2.93. The highest BCUT2D eigenvalue weighted by Crippen LogP contribution is 2.11. The molecule has 0 N–H and O–H groups in total. The molecule has 0 spiro atoms. The molecule has 196 valence electrons. The second kappa shape index (κ2) is 18.1. The molecule has 0 amide bonds. The maximum Gasteiger partial charge on any atom is 0.0154 e. The van der Waals surface area contributed by atoms with Gasteiger partial charge in [-0.25, -0.2) is 0 Å². The van der Waals surface area contributed by atoms with Crippen molar-refractivity contribution in [3.63, 3.8) is 0 Å². The van der Waals surface area contributed by atoms with Crippen molar-refractivity contribution in [1.29, 1.82) is 0 Å². The van der Waals surface area contributed by atoms with Crippen LogP contribution in [0.3, 0.4) is 0 Å². The summed E-state index contributed by atoms with van der Waals surface area (Å²) in [6, 6.07) is 17.0. The van der Waals surface area contributed by atoms with Gasteiger partial charge in [0.25, 0.3) is 0 Å². The van der Waals surface area contributed by atoms with Gasteiger partial charge in [-0.3, -0.25) is 0 Å². The molecule has 0 aliphatic rings. The molecule has 0 bridgehead atoms. The Labute approximate surface area is 241 Å². The van der Waals surface area contributed by atoms with Gasteiger partial charge >= 0.3 is 0 Å². The van der Waals surface area contributed by atoms with E-state index in [4.69, 9.17) is 0 Å². The fourth-order valence-electron chi connectivity index (χ4n) is 3.26. The Morgan fingerprint density at radius 3 is 1.13 bits per heavy atom. The van der Waals surface area contributed by atoms with Crippen LogP contribution < -0.4 is 0 Å². The fourth-order valence-corrected chi connectivity index (χ4v) is 3.69. The van der Waals surface area contributed by atoms with Gasteiger partial charge in [0.05, 0.1) is 0 Å². The van der Waals surface area contributed by atoms with Crippen molar-refractivity contribution in [2.24, 2.45) is 0 Å². The maximum atomic E-state index is 4.30. The number of thiol groups is 2. The van der Waals surface area contributed by atoms with Crippen LogP contribution in [0.1, 0.15) is 49.9 Å². The number of rotatable bonds is 12. The second-order valence-corrected chi connectivity index (χ2v) is 9.84. The summed E-state index contributed by atoms with van der Waals surface area (Å²) < 4.78 is 0. The maximum absolute atomic E-state index is 4.30. The van der Waals surface area contributed by atoms with Crippen molar-refractivity contribution >= 4 is 37.4 Å². The van der Waals surface area contributed by atoms with Crippen LogP contribution in [0.4, 0.5) is 0 Å². The van der Waals surface area contributed by atoms with Crippen LogP contribution in [-0.2, 0) is 11.5 Å². The number of hydrogen-bond donors (Lipinski definition) is 2. The zero-order valence-corrected chi connectivity index (χ0v) is 24.8. The minimum Gasteiger partial charge on any atom is -0.175 e. The Morgan fingerprint density at radius 1 is 0.474 bits per heavy atom. The highest BCUT2D eigenvalue weighted by atomic mass is 32.1. The van der Waals surface area contributed by atoms with Gasteiger partial charge in [0.15, 0.2) is 0 Å². The molecule has 0 unspecified atom stereocenters. The molecule has 2 rings (SSSR count). The van der Waals surface area contributed by atoms with E-state index in [0.29, 0.717) is 0 Å². The third kappa shape index (κ3) is 13.4. The summed E-state index contributed by atoms with van der Waals surface area (Å²) in [7, 11) is 0. The summed E-state index contributed by atoms with van der Waals surface area (Å²) in [4.78, 5) is 0. The van der Waals surface area contributed by atoms with Crippen molar-refractivity contribution in [3.05, 3.63) is 166 Å². The van der Waals surface area contributed by atoms with E-state index in [2.05, 4.69) is 187 Å². The standard InChI is InChI=1S/C36H40S2/c1-29(11-7-13-31(3)15-17-33-19-23-35(27-37)24-20-33)9-5-6-10-30(2)12-8-14-32(4)16-18-34-21-25-36(28-38)26-22-34/h5-26,37-38H,27-28H2,1-4H3/b6-5+,11-7+,12-8+,17-15+,18-16+,29-9+,30-10+,31-13+,32-14+. The minimum atomic E-state index is 0.770. The van der Waals surface area contributed by atoms with Gasteiger partial charge in [-0.05, 0) is 49.9 Å². The Bertz CT molecular complexity index is 1170. The molecule has 0 aromatic heterocycles. The zero-order chi connectivity index (χ0) is 27.6. The first-order valence-corrected chi connectivity index (χ1v) is 14.1. The monoisotopic (exact) mass is 536 g/mol. The van der Waals surface area contributed by atoms with Gasteiger partial charge in [-0.2, -0.15) is 25.3 Å². The second-order valence-electron chi connectivity index (χ2n) is 9.21. The molecule has 0 aliphatic carbocycles. The topological polar surface area (TPSA) is 0 Å². The molecule has 0 saturated heterocycles. The molecule has 0 nitrogen and oxygen atoms in total. The van der Waals surface area contributed by atoms with Crippen LogP contribution in [0.5, 0.6) is 0 Å². The zero-order valence-electron chi connectivity index (χ0n) is 23.0. The van der Waals surface area contributed by atoms with Crippen LogP contribution >= 0.6 is 25.3 Å². The summed E-state index contributed by atoms with van der Waals surface area (Å²) >= 11 is 8.61. The van der Waals surface area contributed by atoms with Gasteiger partial charge in [-0.15, -0.1) is 0 Å². The number of hydrogen-bond acceptors (Lipinski definition) is 2. The predicted octanol–water partition coefficient (Wildman–Crippen LogP) is 10.7. The Hall–Kier alpha value is -3.20. The Kier molecular flexibility index (Phi) is 14.8. The van der Waals surface area contributed by atoms with Crippen molar-refractivity contribution in [2.75, 3.05) is 0 Å². The fraction of sp³-hybridized carbons (Fsp3) is 0.167. The molecule has 0 saturated carbocycles. The van der Waals surface area contributed by atoms with E-state index >= 15 is 0 Å². The first-order chi connectivity index (χ1) is 18.4. The molecular weight excluding hydrogens is 497 g/mol. The molecule has 0 radical (unpaired) electrons. The van der Waals surface area contributed by atoms with E-state index in [1.807, 2.05) is 0 Å². The van der Waals surface area contributed by atoms with E-state index in [0.717, 1.165) is 11.5 Å². The van der Waals surface area contributed by atoms with Gasteiger partial charge in [0, 0.05) is 11.5 Å². The van der Waals surface area contributed by atoms with Gasteiger partial charge in [-0.1, -0.05) is 156 Å². The summed E-state index contributed by atoms with van der Waals surface area (Å²) in [5.41, 5.74) is 9.66. The van der Waals surface area contributed by atoms with Crippen molar-refractivity contribution in [2.45, 2.75) is 39.2 Å². The van der Waals surface area contributed by atoms with Gasteiger partial charge in [0.2, 0.25) is 0 Å². The normalized spacial score (nSPS) is 14.4. The van der Waals surface area contributed by atoms with Crippen LogP contribution in [0, 0.1) is 0 Å². The molecule has 0 fully saturated rings. The molecule has 2 aromatic rings. The predicted molar refractivity (Wildman–Crippen MR) is 179 cm³/mol. The smallest absolute Gasteiger partial charge is 0.0154 e. The molecular formula is C36H40S2. The highest BCUT2D eigenvalue weighted by molar-refractivity contribution is 7.79. The largest absolute Gasteiger partial charge is 0.175 e. The summed E-state index contributed by atoms with van der Waals surface area (Å²) in [5.74, 6) is 1.54.